The average Bonchev–Trinajstić information content (AvgIpc) is 2.66. The SMILES string of the molecule is Cc1cc(OCC(c2ccccc2)N2CCN(F)CC2)c(C(C)C)cc1O.Cl. The number of aromatic hydroxyl groups is 1. The average molecular weight is 409 g/mol. The van der Waals surface area contributed by atoms with Crippen LogP contribution in [0, 0.1) is 6.92 Å². The molecule has 1 saturated heterocycles. The predicted molar refractivity (Wildman–Crippen MR) is 113 cm³/mol. The van der Waals surface area contributed by atoms with Crippen LogP contribution in [0.5, 0.6) is 11.5 Å². The Hall–Kier alpha value is -1.82. The first-order valence-corrected chi connectivity index (χ1v) is 9.61. The van der Waals surface area contributed by atoms with Gasteiger partial charge in [-0.2, -0.15) is 0 Å². The molecule has 0 radical (unpaired) electrons. The first kappa shape index (κ1) is 22.5. The van der Waals surface area contributed by atoms with Crippen LogP contribution in [0.1, 0.15) is 42.5 Å². The lowest BCUT2D eigenvalue weighted by Gasteiger charge is -2.36. The van der Waals surface area contributed by atoms with Crippen LogP contribution in [-0.4, -0.2) is 47.9 Å². The molecule has 1 fully saturated rings. The molecule has 2 aromatic rings. The van der Waals surface area contributed by atoms with Gasteiger partial charge in [0.2, 0.25) is 0 Å². The molecule has 2 aromatic carbocycles. The first-order chi connectivity index (χ1) is 13.0. The monoisotopic (exact) mass is 408 g/mol. The van der Waals surface area contributed by atoms with Crippen LogP contribution < -0.4 is 4.74 Å². The Balaban J connectivity index is 0.00000280. The molecule has 0 saturated carbocycles. The number of benzene rings is 2. The van der Waals surface area contributed by atoms with Gasteiger partial charge >= 0.3 is 0 Å². The van der Waals surface area contributed by atoms with E-state index in [1.165, 1.54) is 5.56 Å². The number of ether oxygens (including phenoxy) is 1. The summed E-state index contributed by atoms with van der Waals surface area (Å²) >= 11 is 0. The Kier molecular flexibility index (Phi) is 8.10. The molecule has 1 N–H and O–H groups in total. The normalized spacial score (nSPS) is 16.6. The third-order valence-electron chi connectivity index (χ3n) is 5.23. The third kappa shape index (κ3) is 5.37. The molecule has 1 heterocycles. The van der Waals surface area contributed by atoms with E-state index in [1.54, 1.807) is 6.07 Å². The Morgan fingerprint density at radius 1 is 1.07 bits per heavy atom. The van der Waals surface area contributed by atoms with Gasteiger partial charge in [-0.05, 0) is 36.1 Å². The molecule has 1 unspecified atom stereocenters. The fraction of sp³-hybridized carbons (Fsp3) is 0.455. The van der Waals surface area contributed by atoms with E-state index in [0.717, 1.165) is 22.0 Å². The van der Waals surface area contributed by atoms with Gasteiger partial charge in [-0.25, -0.2) is 0 Å². The summed E-state index contributed by atoms with van der Waals surface area (Å²) in [5.41, 5.74) is 2.97. The number of hydrogen-bond acceptors (Lipinski definition) is 4. The maximum Gasteiger partial charge on any atom is 0.123 e. The van der Waals surface area contributed by atoms with Gasteiger partial charge in [0, 0.05) is 31.7 Å². The van der Waals surface area contributed by atoms with Crippen LogP contribution in [0.3, 0.4) is 0 Å². The van der Waals surface area contributed by atoms with E-state index in [0.29, 0.717) is 38.5 Å². The zero-order valence-corrected chi connectivity index (χ0v) is 17.6. The van der Waals surface area contributed by atoms with Gasteiger partial charge < -0.3 is 9.84 Å². The van der Waals surface area contributed by atoms with Gasteiger partial charge in [0.15, 0.2) is 0 Å². The summed E-state index contributed by atoms with van der Waals surface area (Å²) in [6.45, 7) is 8.72. The van der Waals surface area contributed by atoms with Gasteiger partial charge in [0.1, 0.15) is 18.1 Å². The summed E-state index contributed by atoms with van der Waals surface area (Å²) in [6, 6.07) is 14.0. The van der Waals surface area contributed by atoms with E-state index < -0.39 is 0 Å². The van der Waals surface area contributed by atoms with E-state index in [1.807, 2.05) is 31.2 Å². The summed E-state index contributed by atoms with van der Waals surface area (Å²) in [4.78, 5) is 2.29. The smallest absolute Gasteiger partial charge is 0.123 e. The molecule has 0 spiro atoms. The van der Waals surface area contributed by atoms with Crippen LogP contribution in [0.15, 0.2) is 42.5 Å². The maximum absolute atomic E-state index is 13.4. The number of nitrogens with zero attached hydrogens (tertiary/aromatic N) is 2. The number of phenolic OH excluding ortho intramolecular Hbond substituents is 1. The molecule has 0 amide bonds. The van der Waals surface area contributed by atoms with E-state index in [-0.39, 0.29) is 24.4 Å². The lowest BCUT2D eigenvalue weighted by Crippen LogP contribution is -2.46. The van der Waals surface area contributed by atoms with Crippen molar-refractivity contribution in [3.05, 3.63) is 59.2 Å². The molecular weight excluding hydrogens is 379 g/mol. The van der Waals surface area contributed by atoms with Crippen molar-refractivity contribution in [1.82, 2.24) is 10.0 Å². The molecule has 0 aliphatic carbocycles. The van der Waals surface area contributed by atoms with Gasteiger partial charge in [0.25, 0.3) is 0 Å². The van der Waals surface area contributed by atoms with Gasteiger partial charge in [-0.15, -0.1) is 22.0 Å². The molecule has 6 heteroatoms. The maximum atomic E-state index is 13.4. The standard InChI is InChI=1S/C22H29FN2O2.ClH/c1-16(2)19-14-21(26)17(3)13-22(19)27-15-20(18-7-5-4-6-8-18)24-9-11-25(23)12-10-24;/h4-8,13-14,16,20,26H,9-12,15H2,1-3H3;1H. The van der Waals surface area contributed by atoms with Crippen LogP contribution in [0.25, 0.3) is 0 Å². The van der Waals surface area contributed by atoms with Crippen molar-refractivity contribution in [3.8, 4) is 11.5 Å². The van der Waals surface area contributed by atoms with E-state index in [9.17, 15) is 9.59 Å². The number of hydrogen-bond donors (Lipinski definition) is 1. The summed E-state index contributed by atoms with van der Waals surface area (Å²) in [5, 5.41) is 10.9. The van der Waals surface area contributed by atoms with Crippen LogP contribution in [-0.2, 0) is 0 Å². The molecule has 4 nitrogen and oxygen atoms in total. The second-order valence-corrected chi connectivity index (χ2v) is 7.51. The largest absolute Gasteiger partial charge is 0.508 e. The highest BCUT2D eigenvalue weighted by atomic mass is 35.5. The highest BCUT2D eigenvalue weighted by molar-refractivity contribution is 5.85. The van der Waals surface area contributed by atoms with E-state index in [2.05, 4.69) is 30.9 Å². The fourth-order valence-corrected chi connectivity index (χ4v) is 3.53. The Bertz CT molecular complexity index is 750. The van der Waals surface area contributed by atoms with Crippen LogP contribution in [0.4, 0.5) is 4.48 Å². The predicted octanol–water partition coefficient (Wildman–Crippen LogP) is 4.87. The van der Waals surface area contributed by atoms with Crippen molar-refractivity contribution < 1.29 is 14.3 Å². The molecule has 28 heavy (non-hydrogen) atoms. The molecule has 154 valence electrons. The number of halogens is 2. The molecule has 3 rings (SSSR count). The van der Waals surface area contributed by atoms with Crippen LogP contribution in [0.2, 0.25) is 0 Å². The third-order valence-corrected chi connectivity index (χ3v) is 5.23. The van der Waals surface area contributed by atoms with Crippen molar-refractivity contribution in [1.29, 1.82) is 0 Å². The molecule has 0 bridgehead atoms. The Morgan fingerprint density at radius 3 is 2.32 bits per heavy atom. The quantitative estimate of drug-likeness (QED) is 0.692. The zero-order chi connectivity index (χ0) is 19.4. The lowest BCUT2D eigenvalue weighted by atomic mass is 9.99. The zero-order valence-electron chi connectivity index (χ0n) is 16.8. The lowest BCUT2D eigenvalue weighted by molar-refractivity contribution is -0.0374. The van der Waals surface area contributed by atoms with Crippen molar-refractivity contribution in [3.63, 3.8) is 0 Å². The number of piperazine rings is 1. The van der Waals surface area contributed by atoms with Crippen molar-refractivity contribution in [2.75, 3.05) is 32.8 Å². The van der Waals surface area contributed by atoms with Crippen LogP contribution >= 0.6 is 12.4 Å². The molecule has 1 atom stereocenters. The minimum Gasteiger partial charge on any atom is -0.508 e. The first-order valence-electron chi connectivity index (χ1n) is 9.61. The van der Waals surface area contributed by atoms with Gasteiger partial charge in [-0.1, -0.05) is 44.2 Å². The van der Waals surface area contributed by atoms with Crippen molar-refractivity contribution in [2.45, 2.75) is 32.7 Å². The van der Waals surface area contributed by atoms with Gasteiger partial charge in [0.05, 0.1) is 6.04 Å². The second-order valence-electron chi connectivity index (χ2n) is 7.51. The summed E-state index contributed by atoms with van der Waals surface area (Å²) < 4.78 is 19.7. The number of phenols is 1. The van der Waals surface area contributed by atoms with Crippen molar-refractivity contribution in [2.24, 2.45) is 0 Å². The Morgan fingerprint density at radius 2 is 1.71 bits per heavy atom. The summed E-state index contributed by atoms with van der Waals surface area (Å²) in [5.74, 6) is 1.35. The molecule has 1 aliphatic heterocycles. The summed E-state index contributed by atoms with van der Waals surface area (Å²) in [6.07, 6.45) is 0. The molecular formula is C22H30ClFN2O2. The number of aryl methyl sites for hydroxylation is 1. The Labute approximate surface area is 173 Å². The topological polar surface area (TPSA) is 35.9 Å². The van der Waals surface area contributed by atoms with Gasteiger partial charge in [-0.3, -0.25) is 4.90 Å². The highest BCUT2D eigenvalue weighted by Gasteiger charge is 2.26. The second kappa shape index (κ2) is 10.1. The van der Waals surface area contributed by atoms with Crippen molar-refractivity contribution >= 4 is 12.4 Å². The minimum absolute atomic E-state index is 0. The molecule has 1 aliphatic rings. The van der Waals surface area contributed by atoms with E-state index in [4.69, 9.17) is 4.74 Å². The summed E-state index contributed by atoms with van der Waals surface area (Å²) in [7, 11) is 0. The molecule has 0 aromatic heterocycles. The minimum atomic E-state index is 0. The van der Waals surface area contributed by atoms with E-state index >= 15 is 0 Å². The fourth-order valence-electron chi connectivity index (χ4n) is 3.53. The highest BCUT2D eigenvalue weighted by Crippen LogP contribution is 2.34. The number of rotatable bonds is 6.